The first kappa shape index (κ1) is 16.8. The Kier molecular flexibility index (Phi) is 5.82. The van der Waals surface area contributed by atoms with Crippen LogP contribution in [0.1, 0.15) is 17.5 Å². The molecule has 0 radical (unpaired) electrons. The van der Waals surface area contributed by atoms with Gasteiger partial charge in [-0.1, -0.05) is 6.07 Å². The summed E-state index contributed by atoms with van der Waals surface area (Å²) in [5.74, 6) is 0. The molecule has 0 aliphatic rings. The predicted octanol–water partition coefficient (Wildman–Crippen LogP) is 2.34. The average molecular weight is 321 g/mol. The molecule has 0 N–H and O–H groups in total. The van der Waals surface area contributed by atoms with E-state index in [2.05, 4.69) is 41.3 Å². The summed E-state index contributed by atoms with van der Waals surface area (Å²) in [6.45, 7) is 6.46. The van der Waals surface area contributed by atoms with E-state index in [1.165, 1.54) is 11.1 Å². The Labute approximate surface area is 136 Å². The molecule has 0 saturated carbocycles. The van der Waals surface area contributed by atoms with Crippen LogP contribution >= 0.6 is 12.2 Å². The average Bonchev–Trinajstić information content (AvgIpc) is 2.84. The molecule has 0 aliphatic carbocycles. The first-order valence-corrected chi connectivity index (χ1v) is 7.71. The highest BCUT2D eigenvalue weighted by Crippen LogP contribution is 2.13. The van der Waals surface area contributed by atoms with Gasteiger partial charge in [0.15, 0.2) is 0 Å². The van der Waals surface area contributed by atoms with Crippen LogP contribution in [0, 0.1) is 18.6 Å². The molecule has 0 spiro atoms. The van der Waals surface area contributed by atoms with Gasteiger partial charge in [0, 0.05) is 20.3 Å². The van der Waals surface area contributed by atoms with Gasteiger partial charge in [-0.05, 0) is 73.2 Å². The van der Waals surface area contributed by atoms with Crippen LogP contribution in [0.25, 0.3) is 5.69 Å². The number of hydrogen-bond donors (Lipinski definition) is 0. The van der Waals surface area contributed by atoms with Gasteiger partial charge in [-0.3, -0.25) is 4.90 Å². The van der Waals surface area contributed by atoms with Gasteiger partial charge in [-0.2, -0.15) is 4.68 Å². The number of rotatable bonds is 7. The van der Waals surface area contributed by atoms with Crippen molar-refractivity contribution in [2.24, 2.45) is 0 Å². The van der Waals surface area contributed by atoms with Crippen LogP contribution in [0.2, 0.25) is 0 Å². The van der Waals surface area contributed by atoms with Crippen LogP contribution in [0.5, 0.6) is 0 Å². The van der Waals surface area contributed by atoms with Crippen LogP contribution in [0.15, 0.2) is 18.2 Å². The third-order valence-corrected chi connectivity index (χ3v) is 4.02. The first-order valence-electron chi connectivity index (χ1n) is 7.31. The molecule has 120 valence electrons. The van der Waals surface area contributed by atoms with Gasteiger partial charge in [0.2, 0.25) is 4.77 Å². The highest BCUT2D eigenvalue weighted by molar-refractivity contribution is 7.71. The quantitative estimate of drug-likeness (QED) is 0.579. The molecular formula is C15H23N5OS. The zero-order valence-electron chi connectivity index (χ0n) is 13.6. The van der Waals surface area contributed by atoms with Gasteiger partial charge in [0.05, 0.1) is 12.4 Å². The fourth-order valence-electron chi connectivity index (χ4n) is 2.16. The summed E-state index contributed by atoms with van der Waals surface area (Å²) in [4.78, 5) is 2.15. The van der Waals surface area contributed by atoms with Crippen LogP contribution in [-0.4, -0.2) is 52.0 Å². The third kappa shape index (κ3) is 4.00. The Morgan fingerprint density at radius 3 is 2.68 bits per heavy atom. The number of aromatic nitrogens is 4. The molecule has 0 aliphatic heterocycles. The lowest BCUT2D eigenvalue weighted by atomic mass is 10.1. The molecule has 1 aromatic carbocycles. The predicted molar refractivity (Wildman–Crippen MR) is 88.8 cm³/mol. The molecule has 2 rings (SSSR count). The Morgan fingerprint density at radius 2 is 2.00 bits per heavy atom. The Morgan fingerprint density at radius 1 is 1.23 bits per heavy atom. The molecule has 7 heteroatoms. The van der Waals surface area contributed by atoms with Crippen molar-refractivity contribution in [2.75, 3.05) is 27.3 Å². The van der Waals surface area contributed by atoms with Crippen molar-refractivity contribution >= 4 is 12.2 Å². The molecule has 1 heterocycles. The number of nitrogens with zero attached hydrogens (tertiary/aromatic N) is 5. The second-order valence-corrected chi connectivity index (χ2v) is 5.87. The van der Waals surface area contributed by atoms with E-state index in [1.54, 1.807) is 16.5 Å². The standard InChI is InChI=1S/C15H23N5OS/c1-12-6-7-14(10-13(12)2)20-15(22)19(16-17-20)11-18(3)8-5-9-21-4/h6-7,10H,5,8-9,11H2,1-4H3. The lowest BCUT2D eigenvalue weighted by Gasteiger charge is -2.15. The van der Waals surface area contributed by atoms with Gasteiger partial charge in [-0.15, -0.1) is 0 Å². The molecular weight excluding hydrogens is 298 g/mol. The number of methoxy groups -OCH3 is 1. The number of benzene rings is 1. The molecule has 0 unspecified atom stereocenters. The Bertz CT molecular complexity index is 679. The first-order chi connectivity index (χ1) is 10.5. The van der Waals surface area contributed by atoms with Gasteiger partial charge < -0.3 is 4.74 Å². The normalized spacial score (nSPS) is 11.3. The second-order valence-electron chi connectivity index (χ2n) is 5.51. The summed E-state index contributed by atoms with van der Waals surface area (Å²) >= 11 is 5.49. The van der Waals surface area contributed by atoms with Crippen molar-refractivity contribution in [3.8, 4) is 5.69 Å². The Balaban J connectivity index is 2.12. The molecule has 22 heavy (non-hydrogen) atoms. The van der Waals surface area contributed by atoms with Gasteiger partial charge in [0.1, 0.15) is 0 Å². The zero-order valence-corrected chi connectivity index (χ0v) is 14.4. The van der Waals surface area contributed by atoms with Crippen LogP contribution in [0.4, 0.5) is 0 Å². The second kappa shape index (κ2) is 7.62. The lowest BCUT2D eigenvalue weighted by molar-refractivity contribution is 0.167. The van der Waals surface area contributed by atoms with Crippen LogP contribution < -0.4 is 0 Å². The molecule has 2 aromatic rings. The van der Waals surface area contributed by atoms with Crippen LogP contribution in [-0.2, 0) is 11.4 Å². The van der Waals surface area contributed by atoms with Crippen molar-refractivity contribution < 1.29 is 4.74 Å². The van der Waals surface area contributed by atoms with Crippen LogP contribution in [0.3, 0.4) is 0 Å². The molecule has 0 amide bonds. The summed E-state index contributed by atoms with van der Waals surface area (Å²) in [6.07, 6.45) is 0.978. The van der Waals surface area contributed by atoms with Crippen molar-refractivity contribution in [3.05, 3.63) is 34.1 Å². The minimum absolute atomic E-state index is 0.599. The molecule has 0 bridgehead atoms. The largest absolute Gasteiger partial charge is 0.385 e. The van der Waals surface area contributed by atoms with Gasteiger partial charge in [0.25, 0.3) is 0 Å². The maximum Gasteiger partial charge on any atom is 0.221 e. The van der Waals surface area contributed by atoms with Gasteiger partial charge in [-0.25, -0.2) is 4.68 Å². The highest BCUT2D eigenvalue weighted by atomic mass is 32.1. The number of ether oxygens (including phenoxy) is 1. The van der Waals surface area contributed by atoms with E-state index in [1.807, 2.05) is 13.1 Å². The highest BCUT2D eigenvalue weighted by Gasteiger charge is 2.08. The summed E-state index contributed by atoms with van der Waals surface area (Å²) in [7, 11) is 3.75. The number of aryl methyl sites for hydroxylation is 2. The maximum absolute atomic E-state index is 5.49. The Hall–Kier alpha value is -1.57. The van der Waals surface area contributed by atoms with E-state index in [9.17, 15) is 0 Å². The third-order valence-electron chi connectivity index (χ3n) is 3.64. The van der Waals surface area contributed by atoms with Gasteiger partial charge >= 0.3 is 0 Å². The molecule has 0 saturated heterocycles. The smallest absolute Gasteiger partial charge is 0.221 e. The van der Waals surface area contributed by atoms with E-state index in [4.69, 9.17) is 17.0 Å². The van der Waals surface area contributed by atoms with Crippen molar-refractivity contribution in [2.45, 2.75) is 26.9 Å². The zero-order chi connectivity index (χ0) is 16.1. The number of hydrogen-bond acceptors (Lipinski definition) is 5. The fourth-order valence-corrected chi connectivity index (χ4v) is 2.40. The van der Waals surface area contributed by atoms with Crippen molar-refractivity contribution in [1.29, 1.82) is 0 Å². The molecule has 0 fully saturated rings. The van der Waals surface area contributed by atoms with E-state index < -0.39 is 0 Å². The minimum atomic E-state index is 0.599. The SMILES string of the molecule is COCCCN(C)Cn1nnn(-c2ccc(C)c(C)c2)c1=S. The van der Waals surface area contributed by atoms with E-state index in [0.29, 0.717) is 11.4 Å². The summed E-state index contributed by atoms with van der Waals surface area (Å²) < 4.78 is 9.09. The maximum atomic E-state index is 5.49. The number of tetrazole rings is 1. The summed E-state index contributed by atoms with van der Waals surface area (Å²) in [5.41, 5.74) is 3.41. The minimum Gasteiger partial charge on any atom is -0.385 e. The lowest BCUT2D eigenvalue weighted by Crippen LogP contribution is -2.24. The fraction of sp³-hybridized carbons (Fsp3) is 0.533. The topological polar surface area (TPSA) is 48.1 Å². The monoisotopic (exact) mass is 321 g/mol. The molecule has 0 atom stereocenters. The van der Waals surface area contributed by atoms with E-state index >= 15 is 0 Å². The van der Waals surface area contributed by atoms with E-state index in [-0.39, 0.29) is 0 Å². The summed E-state index contributed by atoms with van der Waals surface area (Å²) in [6, 6.07) is 6.16. The summed E-state index contributed by atoms with van der Waals surface area (Å²) in [5, 5.41) is 8.35. The van der Waals surface area contributed by atoms with Crippen molar-refractivity contribution in [1.82, 2.24) is 24.7 Å². The molecule has 6 nitrogen and oxygen atoms in total. The molecule has 1 aromatic heterocycles. The van der Waals surface area contributed by atoms with Crippen molar-refractivity contribution in [3.63, 3.8) is 0 Å². The van der Waals surface area contributed by atoms with E-state index in [0.717, 1.165) is 25.3 Å².